The number of amides is 1. The van der Waals surface area contributed by atoms with Gasteiger partial charge in [-0.15, -0.1) is 0 Å². The summed E-state index contributed by atoms with van der Waals surface area (Å²) in [6.07, 6.45) is 1.48. The fourth-order valence-corrected chi connectivity index (χ4v) is 5.04. The summed E-state index contributed by atoms with van der Waals surface area (Å²) in [5.74, 6) is -3.36. The molecule has 0 spiro atoms. The molecule has 12 heteroatoms. The molecule has 30 heavy (non-hydrogen) atoms. The van der Waals surface area contributed by atoms with E-state index in [0.29, 0.717) is 13.1 Å². The van der Waals surface area contributed by atoms with Gasteiger partial charge in [-0.05, 0) is 37.1 Å². The summed E-state index contributed by atoms with van der Waals surface area (Å²) in [7, 11) is -3.90. The van der Waals surface area contributed by atoms with Crippen molar-refractivity contribution in [3.05, 3.63) is 40.4 Å². The molecule has 0 bridgehead atoms. The Balaban J connectivity index is 1.90. The van der Waals surface area contributed by atoms with Gasteiger partial charge in [0.15, 0.2) is 5.75 Å². The topological polar surface area (TPSA) is 133 Å². The minimum atomic E-state index is -3.90. The van der Waals surface area contributed by atoms with Crippen molar-refractivity contribution >= 4 is 50.8 Å². The molecule has 0 aliphatic carbocycles. The van der Waals surface area contributed by atoms with E-state index in [-0.39, 0.29) is 32.1 Å². The number of aromatic hydroxyl groups is 1. The summed E-state index contributed by atoms with van der Waals surface area (Å²) in [6.45, 7) is 0.738. The molecular formula is C18H16Cl2N2O7S. The molecule has 160 valence electrons. The molecule has 3 rings (SSSR count). The highest BCUT2D eigenvalue weighted by atomic mass is 35.5. The van der Waals surface area contributed by atoms with Crippen LogP contribution in [0.5, 0.6) is 17.2 Å². The molecule has 9 nitrogen and oxygen atoms in total. The second kappa shape index (κ2) is 8.68. The minimum Gasteiger partial charge on any atom is -0.507 e. The first-order valence-corrected chi connectivity index (χ1v) is 10.8. The molecule has 0 aromatic heterocycles. The largest absolute Gasteiger partial charge is 0.507 e. The summed E-state index contributed by atoms with van der Waals surface area (Å²) in [6, 6.07) is 6.14. The Kier molecular flexibility index (Phi) is 6.41. The third-order valence-corrected chi connectivity index (χ3v) is 6.77. The van der Waals surface area contributed by atoms with E-state index < -0.39 is 27.6 Å². The van der Waals surface area contributed by atoms with Crippen molar-refractivity contribution < 1.29 is 33.0 Å². The van der Waals surface area contributed by atoms with Crippen LogP contribution in [0.25, 0.3) is 0 Å². The van der Waals surface area contributed by atoms with Gasteiger partial charge in [-0.3, -0.25) is 4.79 Å². The van der Waals surface area contributed by atoms with E-state index >= 15 is 0 Å². The summed E-state index contributed by atoms with van der Waals surface area (Å²) >= 11 is 12.3. The molecule has 1 fully saturated rings. The number of hydrogen-bond donors (Lipinski definition) is 3. The van der Waals surface area contributed by atoms with Gasteiger partial charge in [0, 0.05) is 24.8 Å². The van der Waals surface area contributed by atoms with Gasteiger partial charge in [0.25, 0.3) is 0 Å². The van der Waals surface area contributed by atoms with Gasteiger partial charge >= 0.3 is 11.9 Å². The Morgan fingerprint density at radius 3 is 2.23 bits per heavy atom. The Labute approximate surface area is 181 Å². The third kappa shape index (κ3) is 4.62. The number of sulfonamides is 1. The van der Waals surface area contributed by atoms with Gasteiger partial charge < -0.3 is 20.3 Å². The van der Waals surface area contributed by atoms with Crippen LogP contribution in [0.1, 0.15) is 12.8 Å². The standard InChI is InChI=1S/C18H16Cl2N2O7S/c19-12-7-10(21-17(24)18(25)26)8-13(20)16(12)29-11-3-4-14(23)15(9-11)30(27,28)22-5-1-2-6-22/h3-4,7-9,23H,1-2,5-6H2,(H,21,24)(H,25,26). The van der Waals surface area contributed by atoms with E-state index in [1.54, 1.807) is 0 Å². The summed E-state index contributed by atoms with van der Waals surface area (Å²) in [5.41, 5.74) is 0.0350. The monoisotopic (exact) mass is 474 g/mol. The van der Waals surface area contributed by atoms with Gasteiger partial charge in [-0.2, -0.15) is 4.31 Å². The number of rotatable bonds is 5. The van der Waals surface area contributed by atoms with Gasteiger partial charge in [-0.25, -0.2) is 13.2 Å². The van der Waals surface area contributed by atoms with Crippen molar-refractivity contribution in [2.24, 2.45) is 0 Å². The molecule has 1 amide bonds. The lowest BCUT2D eigenvalue weighted by Crippen LogP contribution is -2.27. The fraction of sp³-hybridized carbons (Fsp3) is 0.222. The maximum absolute atomic E-state index is 12.8. The number of aliphatic carboxylic acids is 1. The van der Waals surface area contributed by atoms with Gasteiger partial charge in [0.1, 0.15) is 16.4 Å². The second-order valence-corrected chi connectivity index (χ2v) is 9.09. The Bertz CT molecular complexity index is 1090. The average Bonchev–Trinajstić information content (AvgIpc) is 3.21. The number of ether oxygens (including phenoxy) is 1. The van der Waals surface area contributed by atoms with Crippen LogP contribution in [0, 0.1) is 0 Å². The van der Waals surface area contributed by atoms with Crippen molar-refractivity contribution in [2.45, 2.75) is 17.7 Å². The first-order chi connectivity index (χ1) is 14.1. The molecular weight excluding hydrogens is 459 g/mol. The number of phenolic OH excluding ortho intramolecular Hbond substituents is 1. The minimum absolute atomic E-state index is 0.0350. The first kappa shape index (κ1) is 22.2. The van der Waals surface area contributed by atoms with Crippen LogP contribution >= 0.6 is 23.2 Å². The van der Waals surface area contributed by atoms with Crippen molar-refractivity contribution in [3.8, 4) is 17.2 Å². The zero-order valence-electron chi connectivity index (χ0n) is 15.3. The molecule has 2 aromatic carbocycles. The van der Waals surface area contributed by atoms with Crippen LogP contribution < -0.4 is 10.1 Å². The summed E-state index contributed by atoms with van der Waals surface area (Å²) < 4.78 is 32.4. The Hall–Kier alpha value is -2.53. The molecule has 1 heterocycles. The maximum atomic E-state index is 12.8. The zero-order chi connectivity index (χ0) is 22.1. The number of halogens is 2. The number of carbonyl (C=O) groups excluding carboxylic acids is 1. The highest BCUT2D eigenvalue weighted by Gasteiger charge is 2.30. The molecule has 0 saturated carbocycles. The molecule has 1 aliphatic heterocycles. The molecule has 3 N–H and O–H groups in total. The third-order valence-electron chi connectivity index (χ3n) is 4.28. The van der Waals surface area contributed by atoms with Crippen LogP contribution in [0.3, 0.4) is 0 Å². The van der Waals surface area contributed by atoms with E-state index in [4.69, 9.17) is 33.0 Å². The lowest BCUT2D eigenvalue weighted by atomic mass is 10.2. The quantitative estimate of drug-likeness (QED) is 0.565. The van der Waals surface area contributed by atoms with E-state index in [1.807, 2.05) is 0 Å². The van der Waals surface area contributed by atoms with E-state index in [9.17, 15) is 23.1 Å². The molecule has 0 unspecified atom stereocenters. The second-order valence-electron chi connectivity index (χ2n) is 6.37. The predicted octanol–water partition coefficient (Wildman–Crippen LogP) is 3.30. The van der Waals surface area contributed by atoms with Crippen LogP contribution in [-0.4, -0.2) is 47.9 Å². The highest BCUT2D eigenvalue weighted by molar-refractivity contribution is 7.89. The maximum Gasteiger partial charge on any atom is 0.394 e. The number of anilines is 1. The average molecular weight is 475 g/mol. The summed E-state index contributed by atoms with van der Waals surface area (Å²) in [5, 5.41) is 20.7. The number of nitrogens with one attached hydrogen (secondary N) is 1. The SMILES string of the molecule is O=C(O)C(=O)Nc1cc(Cl)c(Oc2ccc(O)c(S(=O)(=O)N3CCCC3)c2)c(Cl)c1. The Morgan fingerprint density at radius 1 is 1.07 bits per heavy atom. The number of phenols is 1. The fourth-order valence-electron chi connectivity index (χ4n) is 2.86. The van der Waals surface area contributed by atoms with Crippen molar-refractivity contribution in [2.75, 3.05) is 18.4 Å². The number of carboxylic acids is 1. The lowest BCUT2D eigenvalue weighted by molar-refractivity contribution is -0.147. The highest BCUT2D eigenvalue weighted by Crippen LogP contribution is 2.40. The normalized spacial score (nSPS) is 14.5. The van der Waals surface area contributed by atoms with E-state index in [2.05, 4.69) is 5.32 Å². The Morgan fingerprint density at radius 2 is 1.67 bits per heavy atom. The van der Waals surface area contributed by atoms with Crippen molar-refractivity contribution in [1.29, 1.82) is 0 Å². The number of carbonyl (C=O) groups is 2. The van der Waals surface area contributed by atoms with Gasteiger partial charge in [0.05, 0.1) is 10.0 Å². The number of hydrogen-bond acceptors (Lipinski definition) is 6. The number of benzene rings is 2. The van der Waals surface area contributed by atoms with Gasteiger partial charge in [-0.1, -0.05) is 23.2 Å². The number of nitrogens with zero attached hydrogens (tertiary/aromatic N) is 1. The summed E-state index contributed by atoms with van der Waals surface area (Å²) in [4.78, 5) is 21.6. The van der Waals surface area contributed by atoms with Gasteiger partial charge in [0.2, 0.25) is 10.0 Å². The molecule has 1 aliphatic rings. The van der Waals surface area contributed by atoms with Crippen LogP contribution in [0.4, 0.5) is 5.69 Å². The zero-order valence-corrected chi connectivity index (χ0v) is 17.6. The molecule has 1 saturated heterocycles. The van der Waals surface area contributed by atoms with Crippen molar-refractivity contribution in [1.82, 2.24) is 4.31 Å². The van der Waals surface area contributed by atoms with E-state index in [1.165, 1.54) is 28.6 Å². The first-order valence-electron chi connectivity index (χ1n) is 8.64. The molecule has 0 radical (unpaired) electrons. The van der Waals surface area contributed by atoms with Crippen LogP contribution in [0.2, 0.25) is 10.0 Å². The smallest absolute Gasteiger partial charge is 0.394 e. The molecule has 0 atom stereocenters. The number of carboxylic acid groups (broad SMARTS) is 1. The lowest BCUT2D eigenvalue weighted by Gasteiger charge is -2.17. The van der Waals surface area contributed by atoms with Crippen LogP contribution in [-0.2, 0) is 19.6 Å². The van der Waals surface area contributed by atoms with E-state index in [0.717, 1.165) is 18.9 Å². The molecule has 2 aromatic rings. The van der Waals surface area contributed by atoms with Crippen LogP contribution in [0.15, 0.2) is 35.2 Å². The van der Waals surface area contributed by atoms with Crippen molar-refractivity contribution in [3.63, 3.8) is 0 Å². The predicted molar refractivity (Wildman–Crippen MR) is 109 cm³/mol.